The van der Waals surface area contributed by atoms with E-state index in [2.05, 4.69) is 4.18 Å². The van der Waals surface area contributed by atoms with Crippen molar-refractivity contribution in [3.8, 4) is 6.07 Å². The fourth-order valence-electron chi connectivity index (χ4n) is 0.885. The van der Waals surface area contributed by atoms with Gasteiger partial charge in [0.2, 0.25) is 0 Å². The molecule has 74 valence electrons. The van der Waals surface area contributed by atoms with Gasteiger partial charge in [-0.1, -0.05) is 11.6 Å². The Kier molecular flexibility index (Phi) is 3.11. The number of nitrogens with zero attached hydrogens (tertiary/aromatic N) is 1. The second-order valence-corrected chi connectivity index (χ2v) is 4.49. The van der Waals surface area contributed by atoms with Gasteiger partial charge in [0.15, 0.2) is 0 Å². The average Bonchev–Trinajstić information content (AvgIpc) is 2.18. The number of hydrogen-bond acceptors (Lipinski definition) is 4. The van der Waals surface area contributed by atoms with Gasteiger partial charge in [-0.05, 0) is 18.2 Å². The smallest absolute Gasteiger partial charge is 0.270 e. The molecule has 0 amide bonds. The van der Waals surface area contributed by atoms with E-state index in [1.165, 1.54) is 18.2 Å². The Morgan fingerprint density at radius 3 is 2.64 bits per heavy atom. The molecule has 1 rings (SSSR count). The molecule has 0 radical (unpaired) electrons. The summed E-state index contributed by atoms with van der Waals surface area (Å²) in [5.41, 5.74) is 0.0104. The van der Waals surface area contributed by atoms with Gasteiger partial charge in [0, 0.05) is 5.02 Å². The molecular weight excluding hydrogens is 226 g/mol. The van der Waals surface area contributed by atoms with Crippen LogP contribution in [0.15, 0.2) is 23.1 Å². The van der Waals surface area contributed by atoms with Crippen molar-refractivity contribution in [1.82, 2.24) is 0 Å². The fourth-order valence-corrected chi connectivity index (χ4v) is 1.96. The SMILES string of the molecule is COS(=O)(=O)c1cc(Cl)ccc1C#N. The predicted octanol–water partition coefficient (Wildman–Crippen LogP) is 1.55. The zero-order valence-electron chi connectivity index (χ0n) is 7.19. The molecule has 0 saturated heterocycles. The first kappa shape index (κ1) is 11.0. The van der Waals surface area contributed by atoms with Crippen LogP contribution in [0.25, 0.3) is 0 Å². The summed E-state index contributed by atoms with van der Waals surface area (Å²) in [6, 6.07) is 5.69. The van der Waals surface area contributed by atoms with E-state index in [0.717, 1.165) is 7.11 Å². The summed E-state index contributed by atoms with van der Waals surface area (Å²) in [6.45, 7) is 0. The van der Waals surface area contributed by atoms with E-state index < -0.39 is 10.1 Å². The monoisotopic (exact) mass is 231 g/mol. The number of benzene rings is 1. The molecule has 0 atom stereocenters. The third-order valence-corrected chi connectivity index (χ3v) is 3.10. The van der Waals surface area contributed by atoms with Crippen LogP contribution in [0.2, 0.25) is 5.02 Å². The highest BCUT2D eigenvalue weighted by atomic mass is 35.5. The van der Waals surface area contributed by atoms with Gasteiger partial charge in [-0.25, -0.2) is 0 Å². The molecule has 0 N–H and O–H groups in total. The molecule has 0 aliphatic rings. The lowest BCUT2D eigenvalue weighted by Gasteiger charge is -2.03. The maximum Gasteiger partial charge on any atom is 0.298 e. The number of rotatable bonds is 2. The minimum atomic E-state index is -3.87. The normalized spacial score (nSPS) is 10.9. The molecule has 0 spiro atoms. The van der Waals surface area contributed by atoms with Gasteiger partial charge in [-0.2, -0.15) is 13.7 Å². The Balaban J connectivity index is 3.49. The maximum atomic E-state index is 11.3. The van der Waals surface area contributed by atoms with Crippen LogP contribution < -0.4 is 0 Å². The second-order valence-electron chi connectivity index (χ2n) is 2.37. The van der Waals surface area contributed by atoms with Crippen molar-refractivity contribution in [2.24, 2.45) is 0 Å². The summed E-state index contributed by atoms with van der Waals surface area (Å²) >= 11 is 5.61. The number of nitriles is 1. The Hall–Kier alpha value is -1.09. The van der Waals surface area contributed by atoms with Gasteiger partial charge >= 0.3 is 0 Å². The van der Waals surface area contributed by atoms with E-state index in [9.17, 15) is 8.42 Å². The molecule has 0 aliphatic heterocycles. The van der Waals surface area contributed by atoms with Crippen LogP contribution in [0.1, 0.15) is 5.56 Å². The van der Waals surface area contributed by atoms with Crippen LogP contribution in [0, 0.1) is 11.3 Å². The first-order valence-corrected chi connectivity index (χ1v) is 5.30. The van der Waals surface area contributed by atoms with E-state index in [4.69, 9.17) is 16.9 Å². The summed E-state index contributed by atoms with van der Waals surface area (Å²) in [6.07, 6.45) is 0. The second kappa shape index (κ2) is 3.96. The van der Waals surface area contributed by atoms with Crippen LogP contribution in [-0.2, 0) is 14.3 Å². The average molecular weight is 232 g/mol. The van der Waals surface area contributed by atoms with Crippen molar-refractivity contribution in [3.05, 3.63) is 28.8 Å². The van der Waals surface area contributed by atoms with Gasteiger partial charge in [0.1, 0.15) is 11.0 Å². The highest BCUT2D eigenvalue weighted by Crippen LogP contribution is 2.21. The van der Waals surface area contributed by atoms with Crippen LogP contribution >= 0.6 is 11.6 Å². The molecule has 0 bridgehead atoms. The fraction of sp³-hybridized carbons (Fsp3) is 0.125. The first-order valence-electron chi connectivity index (χ1n) is 3.51. The molecule has 0 aliphatic carbocycles. The van der Waals surface area contributed by atoms with E-state index in [1.807, 2.05) is 0 Å². The van der Waals surface area contributed by atoms with Crippen LogP contribution in [-0.4, -0.2) is 15.5 Å². The van der Waals surface area contributed by atoms with E-state index in [0.29, 0.717) is 0 Å². The predicted molar refractivity (Wildman–Crippen MR) is 50.4 cm³/mol. The Morgan fingerprint density at radius 1 is 1.50 bits per heavy atom. The van der Waals surface area contributed by atoms with Crippen molar-refractivity contribution < 1.29 is 12.6 Å². The molecule has 1 aromatic carbocycles. The lowest BCUT2D eigenvalue weighted by Crippen LogP contribution is -2.05. The highest BCUT2D eigenvalue weighted by molar-refractivity contribution is 7.86. The molecule has 0 aromatic heterocycles. The minimum Gasteiger partial charge on any atom is -0.270 e. The molecule has 0 unspecified atom stereocenters. The van der Waals surface area contributed by atoms with Crippen LogP contribution in [0.4, 0.5) is 0 Å². The summed E-state index contributed by atoms with van der Waals surface area (Å²) in [7, 11) is -2.85. The Bertz CT molecular complexity index is 490. The molecule has 6 heteroatoms. The summed E-state index contributed by atoms with van der Waals surface area (Å²) in [5.74, 6) is 0. The zero-order chi connectivity index (χ0) is 10.8. The topological polar surface area (TPSA) is 67.2 Å². The summed E-state index contributed by atoms with van der Waals surface area (Å²) in [5, 5.41) is 8.89. The lowest BCUT2D eigenvalue weighted by atomic mass is 10.2. The summed E-state index contributed by atoms with van der Waals surface area (Å²) < 4.78 is 26.9. The van der Waals surface area contributed by atoms with Crippen LogP contribution in [0.3, 0.4) is 0 Å². The Labute approximate surface area is 86.8 Å². The standard InChI is InChI=1S/C8H6ClNO3S/c1-13-14(11,12)8-4-7(9)3-2-6(8)5-10/h2-4H,1H3. The molecule has 0 heterocycles. The summed E-state index contributed by atoms with van der Waals surface area (Å²) in [4.78, 5) is -0.213. The van der Waals surface area contributed by atoms with Crippen molar-refractivity contribution >= 4 is 21.7 Å². The molecule has 4 nitrogen and oxygen atoms in total. The molecule has 0 saturated carbocycles. The lowest BCUT2D eigenvalue weighted by molar-refractivity contribution is 0.397. The minimum absolute atomic E-state index is 0.0104. The van der Waals surface area contributed by atoms with Crippen molar-refractivity contribution in [3.63, 3.8) is 0 Å². The van der Waals surface area contributed by atoms with Gasteiger partial charge in [-0.15, -0.1) is 0 Å². The third-order valence-electron chi connectivity index (χ3n) is 1.55. The maximum absolute atomic E-state index is 11.3. The van der Waals surface area contributed by atoms with Crippen LogP contribution in [0.5, 0.6) is 0 Å². The third kappa shape index (κ3) is 2.04. The molecule has 1 aromatic rings. The van der Waals surface area contributed by atoms with E-state index in [1.54, 1.807) is 6.07 Å². The van der Waals surface area contributed by atoms with Gasteiger partial charge in [0.05, 0.1) is 12.7 Å². The first-order chi connectivity index (χ1) is 6.51. The van der Waals surface area contributed by atoms with Gasteiger partial charge < -0.3 is 0 Å². The Morgan fingerprint density at radius 2 is 2.14 bits per heavy atom. The molecule has 0 fully saturated rings. The molecule has 14 heavy (non-hydrogen) atoms. The zero-order valence-corrected chi connectivity index (χ0v) is 8.76. The van der Waals surface area contributed by atoms with E-state index >= 15 is 0 Å². The largest absolute Gasteiger partial charge is 0.298 e. The van der Waals surface area contributed by atoms with E-state index in [-0.39, 0.29) is 15.5 Å². The number of hydrogen-bond donors (Lipinski definition) is 0. The van der Waals surface area contributed by atoms with Crippen molar-refractivity contribution in [1.29, 1.82) is 5.26 Å². The quantitative estimate of drug-likeness (QED) is 0.725. The van der Waals surface area contributed by atoms with Crippen molar-refractivity contribution in [2.75, 3.05) is 7.11 Å². The van der Waals surface area contributed by atoms with Gasteiger partial charge in [-0.3, -0.25) is 4.18 Å². The molecular formula is C8H6ClNO3S. The van der Waals surface area contributed by atoms with Gasteiger partial charge in [0.25, 0.3) is 10.1 Å². The highest BCUT2D eigenvalue weighted by Gasteiger charge is 2.18. The number of halogens is 1. The van der Waals surface area contributed by atoms with Crippen molar-refractivity contribution in [2.45, 2.75) is 4.90 Å².